The minimum Gasteiger partial charge on any atom is -0.480 e. The molecule has 0 spiro atoms. The van der Waals surface area contributed by atoms with Gasteiger partial charge in [0.2, 0.25) is 10.0 Å². The molecule has 0 aliphatic heterocycles. The summed E-state index contributed by atoms with van der Waals surface area (Å²) in [6.07, 6.45) is -0.635. The molecule has 0 heterocycles. The molecule has 0 saturated heterocycles. The van der Waals surface area contributed by atoms with Crippen molar-refractivity contribution in [1.82, 2.24) is 4.31 Å². The molecule has 0 aliphatic carbocycles. The molecule has 7 heteroatoms. The van der Waals surface area contributed by atoms with Gasteiger partial charge in [0.1, 0.15) is 6.04 Å². The second-order valence-electron chi connectivity index (χ2n) is 4.44. The zero-order valence-electron chi connectivity index (χ0n) is 11.7. The molecule has 0 saturated carbocycles. The lowest BCUT2D eigenvalue weighted by atomic mass is 10.1. The molecule has 6 nitrogen and oxygen atoms in total. The van der Waals surface area contributed by atoms with Crippen molar-refractivity contribution in [2.24, 2.45) is 0 Å². The van der Waals surface area contributed by atoms with E-state index >= 15 is 0 Å². The number of hydrogen-bond acceptors (Lipinski definition) is 4. The van der Waals surface area contributed by atoms with Crippen LogP contribution >= 0.6 is 0 Å². The number of likely N-dealkylation sites (N-methyl/N-ethyl adjacent to an activating group) is 1. The molecule has 0 amide bonds. The molecule has 0 aliphatic rings. The maximum Gasteiger partial charge on any atom is 0.321 e. The van der Waals surface area contributed by atoms with Crippen molar-refractivity contribution in [3.63, 3.8) is 0 Å². The summed E-state index contributed by atoms with van der Waals surface area (Å²) in [5.74, 6) is -1.49. The lowest BCUT2D eigenvalue weighted by molar-refractivity contribution is -0.140. The Hall–Kier alpha value is -1.44. The maximum absolute atomic E-state index is 12.2. The van der Waals surface area contributed by atoms with Crippen LogP contribution in [0.25, 0.3) is 0 Å². The van der Waals surface area contributed by atoms with Gasteiger partial charge in [-0.2, -0.15) is 4.31 Å². The van der Waals surface area contributed by atoms with Crippen LogP contribution in [0.2, 0.25) is 0 Å². The van der Waals surface area contributed by atoms with E-state index in [2.05, 4.69) is 0 Å². The Morgan fingerprint density at radius 1 is 1.35 bits per heavy atom. The molecule has 0 aromatic heterocycles. The standard InChI is InChI=1S/C13H19NO5S/c1-10(13(15)16)14(2)20(17,18)9-12(19-3)11-7-5-4-6-8-11/h4-8,10,12H,9H2,1-3H3,(H,15,16). The van der Waals surface area contributed by atoms with E-state index in [0.717, 1.165) is 9.87 Å². The van der Waals surface area contributed by atoms with Gasteiger partial charge in [-0.25, -0.2) is 8.42 Å². The van der Waals surface area contributed by atoms with Crippen LogP contribution in [0, 0.1) is 0 Å². The predicted molar refractivity (Wildman–Crippen MR) is 74.8 cm³/mol. The number of carboxylic acids is 1. The SMILES string of the molecule is COC(CS(=O)(=O)N(C)C(C)C(=O)O)c1ccccc1. The molecule has 1 aromatic rings. The van der Waals surface area contributed by atoms with E-state index < -0.39 is 28.1 Å². The predicted octanol–water partition coefficient (Wildman–Crippen LogP) is 1.11. The maximum atomic E-state index is 12.2. The number of rotatable bonds is 7. The minimum atomic E-state index is -3.74. The van der Waals surface area contributed by atoms with Gasteiger partial charge in [0.15, 0.2) is 0 Å². The summed E-state index contributed by atoms with van der Waals surface area (Å²) in [7, 11) is -1.06. The van der Waals surface area contributed by atoms with Gasteiger partial charge < -0.3 is 9.84 Å². The Morgan fingerprint density at radius 2 is 1.90 bits per heavy atom. The number of benzene rings is 1. The van der Waals surface area contributed by atoms with E-state index in [9.17, 15) is 13.2 Å². The van der Waals surface area contributed by atoms with Gasteiger partial charge in [-0.3, -0.25) is 4.79 Å². The zero-order valence-corrected chi connectivity index (χ0v) is 12.5. The third kappa shape index (κ3) is 4.03. The zero-order chi connectivity index (χ0) is 15.3. The molecule has 2 atom stereocenters. The summed E-state index contributed by atoms with van der Waals surface area (Å²) in [6, 6.07) is 7.82. The summed E-state index contributed by atoms with van der Waals surface area (Å²) in [6.45, 7) is 1.32. The van der Waals surface area contributed by atoms with Crippen molar-refractivity contribution >= 4 is 16.0 Å². The topological polar surface area (TPSA) is 83.9 Å². The lowest BCUT2D eigenvalue weighted by Gasteiger charge is -2.24. The van der Waals surface area contributed by atoms with Gasteiger partial charge >= 0.3 is 5.97 Å². The van der Waals surface area contributed by atoms with Gasteiger partial charge in [0.25, 0.3) is 0 Å². The van der Waals surface area contributed by atoms with E-state index in [0.29, 0.717) is 0 Å². The van der Waals surface area contributed by atoms with E-state index in [-0.39, 0.29) is 5.75 Å². The van der Waals surface area contributed by atoms with Gasteiger partial charge in [-0.05, 0) is 12.5 Å². The van der Waals surface area contributed by atoms with Gasteiger partial charge in [0.05, 0.1) is 11.9 Å². The van der Waals surface area contributed by atoms with Crippen LogP contribution in [0.5, 0.6) is 0 Å². The van der Waals surface area contributed by atoms with Crippen molar-refractivity contribution in [2.45, 2.75) is 19.1 Å². The summed E-state index contributed by atoms with van der Waals surface area (Å²) in [4.78, 5) is 10.9. The molecule has 20 heavy (non-hydrogen) atoms. The Balaban J connectivity index is 2.91. The van der Waals surface area contributed by atoms with Crippen molar-refractivity contribution in [3.05, 3.63) is 35.9 Å². The molecule has 2 unspecified atom stereocenters. The van der Waals surface area contributed by atoms with Crippen LogP contribution in [0.4, 0.5) is 0 Å². The number of carboxylic acid groups (broad SMARTS) is 1. The Bertz CT molecular complexity index is 543. The quantitative estimate of drug-likeness (QED) is 0.815. The number of ether oxygens (including phenoxy) is 1. The largest absolute Gasteiger partial charge is 0.480 e. The van der Waals surface area contributed by atoms with Crippen molar-refractivity contribution in [1.29, 1.82) is 0 Å². The van der Waals surface area contributed by atoms with E-state index in [1.807, 2.05) is 6.07 Å². The van der Waals surface area contributed by atoms with Gasteiger partial charge in [-0.15, -0.1) is 0 Å². The lowest BCUT2D eigenvalue weighted by Crippen LogP contribution is -2.42. The van der Waals surface area contributed by atoms with Crippen LogP contribution in [-0.4, -0.2) is 49.8 Å². The van der Waals surface area contributed by atoms with Crippen molar-refractivity contribution in [2.75, 3.05) is 19.9 Å². The fraction of sp³-hybridized carbons (Fsp3) is 0.462. The van der Waals surface area contributed by atoms with Crippen LogP contribution in [0.1, 0.15) is 18.6 Å². The summed E-state index contributed by atoms with van der Waals surface area (Å²) in [5, 5.41) is 8.89. The summed E-state index contributed by atoms with van der Waals surface area (Å²) in [5.41, 5.74) is 0.731. The van der Waals surface area contributed by atoms with Crippen LogP contribution in [0.15, 0.2) is 30.3 Å². The van der Waals surface area contributed by atoms with E-state index in [4.69, 9.17) is 9.84 Å². The molecule has 1 aromatic carbocycles. The number of hydrogen-bond donors (Lipinski definition) is 1. The summed E-state index contributed by atoms with van der Waals surface area (Å²) >= 11 is 0. The average Bonchev–Trinajstić information content (AvgIpc) is 2.43. The third-order valence-corrected chi connectivity index (χ3v) is 5.08. The first-order chi connectivity index (χ1) is 9.29. The van der Waals surface area contributed by atoms with E-state index in [1.54, 1.807) is 24.3 Å². The second-order valence-corrected chi connectivity index (χ2v) is 6.52. The first kappa shape index (κ1) is 16.6. The second kappa shape index (κ2) is 6.83. The Labute approximate surface area is 119 Å². The number of carbonyl (C=O) groups is 1. The number of methoxy groups -OCH3 is 1. The molecule has 112 valence electrons. The fourth-order valence-corrected chi connectivity index (χ4v) is 3.19. The first-order valence-electron chi connectivity index (χ1n) is 6.06. The fourth-order valence-electron chi connectivity index (χ4n) is 1.67. The average molecular weight is 301 g/mol. The van der Waals surface area contributed by atoms with Crippen molar-refractivity contribution in [3.8, 4) is 0 Å². The molecule has 1 N–H and O–H groups in total. The number of aliphatic carboxylic acids is 1. The summed E-state index contributed by atoms with van der Waals surface area (Å²) < 4.78 is 30.5. The third-order valence-electron chi connectivity index (χ3n) is 3.16. The van der Waals surface area contributed by atoms with Gasteiger partial charge in [0, 0.05) is 14.2 Å². The van der Waals surface area contributed by atoms with Crippen LogP contribution in [-0.2, 0) is 19.6 Å². The minimum absolute atomic E-state index is 0.304. The number of nitrogens with zero attached hydrogens (tertiary/aromatic N) is 1. The molecule has 0 bridgehead atoms. The molecular weight excluding hydrogens is 282 g/mol. The molecule has 1 rings (SSSR count). The van der Waals surface area contributed by atoms with Crippen molar-refractivity contribution < 1.29 is 23.1 Å². The smallest absolute Gasteiger partial charge is 0.321 e. The highest BCUT2D eigenvalue weighted by atomic mass is 32.2. The molecule has 0 fully saturated rings. The van der Waals surface area contributed by atoms with Crippen LogP contribution < -0.4 is 0 Å². The molecular formula is C13H19NO5S. The van der Waals surface area contributed by atoms with Gasteiger partial charge in [-0.1, -0.05) is 30.3 Å². The highest BCUT2D eigenvalue weighted by Crippen LogP contribution is 2.20. The van der Waals surface area contributed by atoms with Crippen LogP contribution in [0.3, 0.4) is 0 Å². The monoisotopic (exact) mass is 301 g/mol. The highest BCUT2D eigenvalue weighted by Gasteiger charge is 2.30. The molecule has 0 radical (unpaired) electrons. The highest BCUT2D eigenvalue weighted by molar-refractivity contribution is 7.89. The first-order valence-corrected chi connectivity index (χ1v) is 7.66. The van der Waals surface area contributed by atoms with E-state index in [1.165, 1.54) is 21.1 Å². The Kier molecular flexibility index (Phi) is 5.67. The normalized spacial score (nSPS) is 15.0. The number of sulfonamides is 1. The Morgan fingerprint density at radius 3 is 2.35 bits per heavy atom.